The van der Waals surface area contributed by atoms with Crippen molar-refractivity contribution in [1.29, 1.82) is 0 Å². The topological polar surface area (TPSA) is 53.7 Å². The van der Waals surface area contributed by atoms with Gasteiger partial charge in [-0.3, -0.25) is 4.79 Å². The number of hydrogen-bond donors (Lipinski definition) is 0. The lowest BCUT2D eigenvalue weighted by Gasteiger charge is -2.23. The van der Waals surface area contributed by atoms with Gasteiger partial charge < -0.3 is 9.80 Å². The highest BCUT2D eigenvalue weighted by Crippen LogP contribution is 2.31. The molecule has 0 atom stereocenters. The van der Waals surface area contributed by atoms with E-state index in [9.17, 15) is 4.79 Å². The molecule has 0 radical (unpaired) electrons. The maximum absolute atomic E-state index is 12.2. The molecule has 6 heteroatoms. The number of anilines is 1. The van der Waals surface area contributed by atoms with Gasteiger partial charge in [-0.05, 0) is 25.3 Å². The van der Waals surface area contributed by atoms with Crippen LogP contribution < -0.4 is 4.90 Å². The van der Waals surface area contributed by atoms with Gasteiger partial charge in [-0.25, -0.2) is 4.98 Å². The van der Waals surface area contributed by atoms with Crippen LogP contribution in [0.15, 0.2) is 24.5 Å². The predicted molar refractivity (Wildman–Crippen MR) is 79.1 cm³/mol. The second-order valence-electron chi connectivity index (χ2n) is 5.84. The van der Waals surface area contributed by atoms with Gasteiger partial charge in [0.25, 0.3) is 0 Å². The summed E-state index contributed by atoms with van der Waals surface area (Å²) in [4.78, 5) is 20.9. The second kappa shape index (κ2) is 5.02. The Morgan fingerprint density at radius 1 is 1.10 bits per heavy atom. The lowest BCUT2D eigenvalue weighted by atomic mass is 10.3. The minimum Gasteiger partial charge on any atom is -0.355 e. The van der Waals surface area contributed by atoms with Crippen LogP contribution in [0.2, 0.25) is 0 Å². The molecule has 1 amide bonds. The highest BCUT2D eigenvalue weighted by molar-refractivity contribution is 5.81. The molecule has 1 saturated carbocycles. The monoisotopic (exact) mass is 285 g/mol. The molecular formula is C15H19N5O. The van der Waals surface area contributed by atoms with E-state index in [-0.39, 0.29) is 0 Å². The van der Waals surface area contributed by atoms with Crippen molar-refractivity contribution in [3.63, 3.8) is 0 Å². The molecule has 1 aliphatic heterocycles. The van der Waals surface area contributed by atoms with Gasteiger partial charge >= 0.3 is 0 Å². The average Bonchev–Trinajstić information content (AvgIpc) is 3.28. The van der Waals surface area contributed by atoms with Gasteiger partial charge in [-0.1, -0.05) is 0 Å². The van der Waals surface area contributed by atoms with Crippen LogP contribution in [0.5, 0.6) is 0 Å². The van der Waals surface area contributed by atoms with Crippen LogP contribution in [0.1, 0.15) is 19.3 Å². The number of rotatable bonds is 2. The van der Waals surface area contributed by atoms with E-state index in [1.807, 2.05) is 27.7 Å². The minimum absolute atomic E-state index is 0.315. The van der Waals surface area contributed by atoms with Crippen LogP contribution in [0.3, 0.4) is 0 Å². The first-order valence-corrected chi connectivity index (χ1v) is 7.65. The van der Waals surface area contributed by atoms with Gasteiger partial charge in [0, 0.05) is 44.4 Å². The van der Waals surface area contributed by atoms with Crippen LogP contribution in [0, 0.1) is 5.92 Å². The van der Waals surface area contributed by atoms with Crippen LogP contribution in [0.4, 0.5) is 5.82 Å². The van der Waals surface area contributed by atoms with Gasteiger partial charge in [0.2, 0.25) is 5.91 Å². The van der Waals surface area contributed by atoms with Crippen LogP contribution in [-0.2, 0) is 4.79 Å². The Balaban J connectivity index is 1.54. The standard InChI is InChI=1S/C15H19N5O/c21-15(12-2-3-12)19-9-1-8-18(10-11-19)14-5-6-16-13-4-7-17-20(13)14/h4-7,12H,1-3,8-11H2. The number of amides is 1. The third kappa shape index (κ3) is 2.34. The molecule has 110 valence electrons. The highest BCUT2D eigenvalue weighted by Gasteiger charge is 2.34. The molecule has 21 heavy (non-hydrogen) atoms. The molecule has 1 aliphatic carbocycles. The van der Waals surface area contributed by atoms with Gasteiger partial charge in [0.15, 0.2) is 5.65 Å². The van der Waals surface area contributed by atoms with Crippen molar-refractivity contribution in [2.75, 3.05) is 31.1 Å². The Kier molecular flexibility index (Phi) is 3.02. The van der Waals surface area contributed by atoms with Gasteiger partial charge in [-0.2, -0.15) is 9.61 Å². The fourth-order valence-corrected chi connectivity index (χ4v) is 3.02. The van der Waals surface area contributed by atoms with E-state index < -0.39 is 0 Å². The van der Waals surface area contributed by atoms with Crippen molar-refractivity contribution < 1.29 is 4.79 Å². The van der Waals surface area contributed by atoms with Crippen LogP contribution >= 0.6 is 0 Å². The molecule has 2 aromatic heterocycles. The summed E-state index contributed by atoms with van der Waals surface area (Å²) in [5.74, 6) is 1.73. The molecule has 6 nitrogen and oxygen atoms in total. The van der Waals surface area contributed by atoms with Crippen LogP contribution in [0.25, 0.3) is 5.65 Å². The fraction of sp³-hybridized carbons (Fsp3) is 0.533. The van der Waals surface area contributed by atoms with E-state index in [2.05, 4.69) is 15.0 Å². The summed E-state index contributed by atoms with van der Waals surface area (Å²) >= 11 is 0. The highest BCUT2D eigenvalue weighted by atomic mass is 16.2. The SMILES string of the molecule is O=C(C1CC1)N1CCCN(c2ccnc3ccnn23)CC1. The molecule has 2 aromatic rings. The maximum atomic E-state index is 12.2. The average molecular weight is 285 g/mol. The number of hydrogen-bond acceptors (Lipinski definition) is 4. The molecular weight excluding hydrogens is 266 g/mol. The van der Waals surface area contributed by atoms with Gasteiger partial charge in [0.1, 0.15) is 5.82 Å². The summed E-state index contributed by atoms with van der Waals surface area (Å²) in [6.45, 7) is 3.49. The third-order valence-corrected chi connectivity index (χ3v) is 4.33. The summed E-state index contributed by atoms with van der Waals surface area (Å²) in [7, 11) is 0. The summed E-state index contributed by atoms with van der Waals surface area (Å²) in [6, 6.07) is 3.91. The van der Waals surface area contributed by atoms with E-state index in [0.717, 1.165) is 56.9 Å². The van der Waals surface area contributed by atoms with Crippen molar-refractivity contribution in [1.82, 2.24) is 19.5 Å². The van der Waals surface area contributed by atoms with E-state index in [1.165, 1.54) is 0 Å². The zero-order valence-corrected chi connectivity index (χ0v) is 12.0. The van der Waals surface area contributed by atoms with Gasteiger partial charge in [0.05, 0.1) is 6.20 Å². The first-order valence-electron chi connectivity index (χ1n) is 7.65. The molecule has 0 aromatic carbocycles. The predicted octanol–water partition coefficient (Wildman–Crippen LogP) is 1.18. The number of fused-ring (bicyclic) bond motifs is 1. The molecule has 1 saturated heterocycles. The first kappa shape index (κ1) is 12.6. The van der Waals surface area contributed by atoms with E-state index >= 15 is 0 Å². The Hall–Kier alpha value is -2.11. The smallest absolute Gasteiger partial charge is 0.225 e. The Labute approximate surface area is 123 Å². The fourth-order valence-electron chi connectivity index (χ4n) is 3.02. The molecule has 0 spiro atoms. The molecule has 4 rings (SSSR count). The third-order valence-electron chi connectivity index (χ3n) is 4.33. The minimum atomic E-state index is 0.315. The maximum Gasteiger partial charge on any atom is 0.225 e. The quantitative estimate of drug-likeness (QED) is 0.831. The normalized spacial score (nSPS) is 19.8. The first-order chi connectivity index (χ1) is 10.3. The van der Waals surface area contributed by atoms with Crippen LogP contribution in [-0.4, -0.2) is 51.6 Å². The van der Waals surface area contributed by atoms with Crippen molar-refractivity contribution in [2.45, 2.75) is 19.3 Å². The molecule has 3 heterocycles. The molecule has 0 unspecified atom stereocenters. The van der Waals surface area contributed by atoms with E-state index in [4.69, 9.17) is 0 Å². The van der Waals surface area contributed by atoms with Crippen molar-refractivity contribution in [3.8, 4) is 0 Å². The zero-order chi connectivity index (χ0) is 14.2. The summed E-state index contributed by atoms with van der Waals surface area (Å²) in [5.41, 5.74) is 0.864. The number of aromatic nitrogens is 3. The second-order valence-corrected chi connectivity index (χ2v) is 5.84. The van der Waals surface area contributed by atoms with Gasteiger partial charge in [-0.15, -0.1) is 0 Å². The van der Waals surface area contributed by atoms with Crippen molar-refractivity contribution in [2.24, 2.45) is 5.92 Å². The largest absolute Gasteiger partial charge is 0.355 e. The number of carbonyl (C=O) groups is 1. The number of nitrogens with zero attached hydrogens (tertiary/aromatic N) is 5. The lowest BCUT2D eigenvalue weighted by molar-refractivity contribution is -0.132. The van der Waals surface area contributed by atoms with E-state index in [1.54, 1.807) is 6.20 Å². The van der Waals surface area contributed by atoms with E-state index in [0.29, 0.717) is 11.8 Å². The Bertz CT molecular complexity index is 663. The molecule has 2 aliphatic rings. The molecule has 2 fully saturated rings. The summed E-state index contributed by atoms with van der Waals surface area (Å²) < 4.78 is 1.87. The van der Waals surface area contributed by atoms with Crippen molar-refractivity contribution >= 4 is 17.4 Å². The zero-order valence-electron chi connectivity index (χ0n) is 12.0. The van der Waals surface area contributed by atoms with Crippen molar-refractivity contribution in [3.05, 3.63) is 24.5 Å². The Morgan fingerprint density at radius 2 is 2.00 bits per heavy atom. The lowest BCUT2D eigenvalue weighted by Crippen LogP contribution is -2.36. The molecule has 0 bridgehead atoms. The number of carbonyl (C=O) groups excluding carboxylic acids is 1. The summed E-state index contributed by atoms with van der Waals surface area (Å²) in [5, 5.41) is 4.35. The summed E-state index contributed by atoms with van der Waals surface area (Å²) in [6.07, 6.45) is 6.76. The Morgan fingerprint density at radius 3 is 2.86 bits per heavy atom. The molecule has 0 N–H and O–H groups in total.